The predicted octanol–water partition coefficient (Wildman–Crippen LogP) is 0.659. The number of nitrogens with zero attached hydrogens (tertiary/aromatic N) is 2. The summed E-state index contributed by atoms with van der Waals surface area (Å²) in [6.45, 7) is 0. The summed E-state index contributed by atoms with van der Waals surface area (Å²) in [5.74, 6) is 0.349. The first kappa shape index (κ1) is 8.32. The lowest BCUT2D eigenvalue weighted by Crippen LogP contribution is -2.07. The van der Waals surface area contributed by atoms with E-state index in [1.165, 1.54) is 0 Å². The third kappa shape index (κ3) is 1.33. The van der Waals surface area contributed by atoms with E-state index >= 15 is 0 Å². The zero-order valence-electron chi connectivity index (χ0n) is 6.66. The van der Waals surface area contributed by atoms with E-state index in [4.69, 9.17) is 25.2 Å². The number of hydrogen-bond acceptors (Lipinski definition) is 3. The van der Waals surface area contributed by atoms with E-state index in [0.29, 0.717) is 16.8 Å². The van der Waals surface area contributed by atoms with Crippen LogP contribution in [0.15, 0.2) is 18.2 Å². The van der Waals surface area contributed by atoms with Crippen LogP contribution in [-0.4, -0.2) is 17.8 Å². The number of anilines is 1. The summed E-state index contributed by atoms with van der Waals surface area (Å²) in [5, 5.41) is 0.840. The highest BCUT2D eigenvalue weighted by Gasteiger charge is 2.04. The molecule has 0 bridgehead atoms. The van der Waals surface area contributed by atoms with Crippen LogP contribution in [0.1, 0.15) is 0 Å². The standard InChI is InChI=1S/C8H5BClN3/c9-5-3-1-2-4-6(5)12-8(10)13-7(4)11/h1-3H,(H2,11,12,13). The fourth-order valence-electron chi connectivity index (χ4n) is 1.17. The second-order valence-corrected chi connectivity index (χ2v) is 2.96. The molecule has 1 aromatic heterocycles. The third-order valence-corrected chi connectivity index (χ3v) is 1.93. The molecule has 0 aliphatic heterocycles. The number of fused-ring (bicyclic) bond motifs is 1. The first-order valence-corrected chi connectivity index (χ1v) is 4.03. The Bertz CT molecular complexity index is 472. The van der Waals surface area contributed by atoms with Crippen LogP contribution in [-0.2, 0) is 0 Å². The van der Waals surface area contributed by atoms with Gasteiger partial charge in [0, 0.05) is 5.39 Å². The molecular formula is C8H5BClN3. The fraction of sp³-hybridized carbons (Fsp3) is 0. The lowest BCUT2D eigenvalue weighted by atomic mass is 9.93. The number of para-hydroxylation sites is 1. The van der Waals surface area contributed by atoms with Crippen LogP contribution < -0.4 is 11.2 Å². The molecule has 0 aliphatic carbocycles. The van der Waals surface area contributed by atoms with E-state index in [1.807, 2.05) is 0 Å². The lowest BCUT2D eigenvalue weighted by molar-refractivity contribution is 1.23. The van der Waals surface area contributed by atoms with Crippen molar-refractivity contribution in [2.75, 3.05) is 5.73 Å². The summed E-state index contributed by atoms with van der Waals surface area (Å²) in [7, 11) is 5.69. The SMILES string of the molecule is [B]c1cccc2c(N)nc(Cl)nc12. The molecule has 0 saturated heterocycles. The monoisotopic (exact) mass is 189 g/mol. The Kier molecular flexibility index (Phi) is 1.85. The van der Waals surface area contributed by atoms with Crippen molar-refractivity contribution in [2.45, 2.75) is 0 Å². The largest absolute Gasteiger partial charge is 0.383 e. The van der Waals surface area contributed by atoms with E-state index in [0.717, 1.165) is 5.39 Å². The molecule has 1 heterocycles. The molecule has 0 aliphatic rings. The molecular weight excluding hydrogens is 184 g/mol. The second-order valence-electron chi connectivity index (χ2n) is 2.62. The van der Waals surface area contributed by atoms with Crippen molar-refractivity contribution in [3.63, 3.8) is 0 Å². The molecule has 3 nitrogen and oxygen atoms in total. The van der Waals surface area contributed by atoms with Crippen LogP contribution in [0.25, 0.3) is 10.9 Å². The van der Waals surface area contributed by atoms with Gasteiger partial charge in [0.15, 0.2) is 0 Å². The molecule has 2 radical (unpaired) electrons. The average molecular weight is 189 g/mol. The van der Waals surface area contributed by atoms with Crippen molar-refractivity contribution in [3.8, 4) is 0 Å². The third-order valence-electron chi connectivity index (χ3n) is 1.76. The van der Waals surface area contributed by atoms with Crippen LogP contribution in [0, 0.1) is 0 Å². The van der Waals surface area contributed by atoms with Gasteiger partial charge in [-0.1, -0.05) is 17.6 Å². The highest BCUT2D eigenvalue weighted by Crippen LogP contribution is 2.16. The minimum absolute atomic E-state index is 0.114. The van der Waals surface area contributed by atoms with Crippen molar-refractivity contribution < 1.29 is 0 Å². The van der Waals surface area contributed by atoms with Crippen molar-refractivity contribution in [1.29, 1.82) is 0 Å². The highest BCUT2D eigenvalue weighted by molar-refractivity contribution is 6.39. The summed E-state index contributed by atoms with van der Waals surface area (Å²) in [5.41, 5.74) is 6.78. The van der Waals surface area contributed by atoms with Gasteiger partial charge in [0.1, 0.15) is 13.7 Å². The zero-order chi connectivity index (χ0) is 9.42. The van der Waals surface area contributed by atoms with Gasteiger partial charge >= 0.3 is 0 Å². The van der Waals surface area contributed by atoms with Crippen LogP contribution in [0.5, 0.6) is 0 Å². The van der Waals surface area contributed by atoms with E-state index in [1.54, 1.807) is 18.2 Å². The summed E-state index contributed by atoms with van der Waals surface area (Å²) in [4.78, 5) is 7.80. The molecule has 0 saturated carbocycles. The van der Waals surface area contributed by atoms with E-state index in [9.17, 15) is 0 Å². The van der Waals surface area contributed by atoms with Gasteiger partial charge in [0.05, 0.1) is 5.52 Å². The molecule has 13 heavy (non-hydrogen) atoms. The molecule has 5 heteroatoms. The Morgan fingerprint density at radius 3 is 2.85 bits per heavy atom. The van der Waals surface area contributed by atoms with Crippen LogP contribution in [0.3, 0.4) is 0 Å². The Morgan fingerprint density at radius 1 is 1.31 bits per heavy atom. The maximum Gasteiger partial charge on any atom is 0.224 e. The number of nitrogen functional groups attached to an aromatic ring is 1. The Hall–Kier alpha value is -1.29. The summed E-state index contributed by atoms with van der Waals surface area (Å²) < 4.78 is 0. The van der Waals surface area contributed by atoms with Crippen molar-refractivity contribution >= 4 is 41.6 Å². The lowest BCUT2D eigenvalue weighted by Gasteiger charge is -2.03. The van der Waals surface area contributed by atoms with Crippen LogP contribution >= 0.6 is 11.6 Å². The van der Waals surface area contributed by atoms with E-state index in [-0.39, 0.29) is 5.28 Å². The van der Waals surface area contributed by atoms with Gasteiger partial charge < -0.3 is 5.73 Å². The van der Waals surface area contributed by atoms with E-state index < -0.39 is 0 Å². The second kappa shape index (κ2) is 2.89. The van der Waals surface area contributed by atoms with Gasteiger partial charge in [-0.05, 0) is 17.7 Å². The maximum absolute atomic E-state index is 5.69. The smallest absolute Gasteiger partial charge is 0.224 e. The van der Waals surface area contributed by atoms with Crippen molar-refractivity contribution in [1.82, 2.24) is 9.97 Å². The molecule has 0 amide bonds. The fourth-order valence-corrected chi connectivity index (χ4v) is 1.35. The number of nitrogens with two attached hydrogens (primary N) is 1. The predicted molar refractivity (Wildman–Crippen MR) is 54.3 cm³/mol. The molecule has 0 fully saturated rings. The molecule has 0 unspecified atom stereocenters. The summed E-state index contributed by atoms with van der Waals surface area (Å²) in [6.07, 6.45) is 0. The Balaban J connectivity index is 2.94. The minimum Gasteiger partial charge on any atom is -0.383 e. The van der Waals surface area contributed by atoms with E-state index in [2.05, 4.69) is 9.97 Å². The molecule has 1 aromatic carbocycles. The molecule has 2 rings (SSSR count). The highest BCUT2D eigenvalue weighted by atomic mass is 35.5. The Morgan fingerprint density at radius 2 is 2.08 bits per heavy atom. The van der Waals surface area contributed by atoms with Gasteiger partial charge in [0.2, 0.25) is 5.28 Å². The number of benzene rings is 1. The molecule has 0 spiro atoms. The summed E-state index contributed by atoms with van der Waals surface area (Å²) >= 11 is 5.64. The number of aromatic nitrogens is 2. The van der Waals surface area contributed by atoms with Gasteiger partial charge in [-0.25, -0.2) is 9.97 Å². The van der Waals surface area contributed by atoms with Crippen molar-refractivity contribution in [2.24, 2.45) is 0 Å². The maximum atomic E-state index is 5.69. The van der Waals surface area contributed by atoms with Gasteiger partial charge in [-0.15, -0.1) is 0 Å². The first-order chi connectivity index (χ1) is 6.18. The summed E-state index contributed by atoms with van der Waals surface area (Å²) in [6, 6.07) is 5.34. The topological polar surface area (TPSA) is 51.8 Å². The molecule has 2 aromatic rings. The molecule has 62 valence electrons. The number of rotatable bonds is 0. The molecule has 2 N–H and O–H groups in total. The molecule has 0 atom stereocenters. The number of hydrogen-bond donors (Lipinski definition) is 1. The van der Waals surface area contributed by atoms with Gasteiger partial charge in [-0.2, -0.15) is 0 Å². The minimum atomic E-state index is 0.114. The first-order valence-electron chi connectivity index (χ1n) is 3.65. The number of halogens is 1. The van der Waals surface area contributed by atoms with Crippen molar-refractivity contribution in [3.05, 3.63) is 23.5 Å². The normalized spacial score (nSPS) is 10.5. The average Bonchev–Trinajstić information content (AvgIpc) is 2.07. The van der Waals surface area contributed by atoms with Crippen LogP contribution in [0.4, 0.5) is 5.82 Å². The Labute approximate surface area is 81.3 Å². The quantitative estimate of drug-likeness (QED) is 0.489. The van der Waals surface area contributed by atoms with Gasteiger partial charge in [0.25, 0.3) is 0 Å². The zero-order valence-corrected chi connectivity index (χ0v) is 7.42. The van der Waals surface area contributed by atoms with Gasteiger partial charge in [-0.3, -0.25) is 0 Å². The van der Waals surface area contributed by atoms with Crippen LogP contribution in [0.2, 0.25) is 5.28 Å².